The minimum absolute atomic E-state index is 0.464. The maximum absolute atomic E-state index is 2.45. The molecule has 0 N–H and O–H groups in total. The third kappa shape index (κ3) is 9.08. The SMILES string of the molecule is Cc1cc(N(c2ccc(-c3ccc4c(c3)C(c3ccccc3)(c3ccccc3)c3ccccc3-4)cc2)c2ccccc2C)ccc1-c1ccc(N(c2ccc(-c3ccc4c(c3)C(c3ccccc3)(c3ccccc3)c3ccccc3-4)cc2)c2ccccc2C)cc1C. The van der Waals surface area contributed by atoms with E-state index < -0.39 is 10.8 Å². The van der Waals surface area contributed by atoms with Crippen LogP contribution in [0.4, 0.5) is 34.1 Å². The highest BCUT2D eigenvalue weighted by molar-refractivity contribution is 5.92. The molecule has 0 aromatic heterocycles. The molecule has 0 saturated carbocycles. The van der Waals surface area contributed by atoms with Gasteiger partial charge in [-0.25, -0.2) is 0 Å². The summed E-state index contributed by atoms with van der Waals surface area (Å²) in [5, 5.41) is 0. The molecule has 0 unspecified atom stereocenters. The Morgan fingerprint density at radius 3 is 0.826 bits per heavy atom. The zero-order valence-corrected chi connectivity index (χ0v) is 52.2. The van der Waals surface area contributed by atoms with Crippen molar-refractivity contribution in [2.75, 3.05) is 9.80 Å². The van der Waals surface area contributed by atoms with E-state index in [4.69, 9.17) is 0 Å². The molecule has 0 radical (unpaired) electrons. The molecule has 2 aliphatic carbocycles. The van der Waals surface area contributed by atoms with Gasteiger partial charge in [-0.15, -0.1) is 0 Å². The maximum Gasteiger partial charge on any atom is 0.0713 e. The van der Waals surface area contributed by atoms with Crippen LogP contribution in [0.5, 0.6) is 0 Å². The van der Waals surface area contributed by atoms with Gasteiger partial charge in [0.1, 0.15) is 0 Å². The van der Waals surface area contributed by atoms with Gasteiger partial charge in [-0.05, 0) is 223 Å². The molecule has 438 valence electrons. The Morgan fingerprint density at radius 1 is 0.196 bits per heavy atom. The number of hydrogen-bond acceptors (Lipinski definition) is 2. The summed E-state index contributed by atoms with van der Waals surface area (Å²) in [6.07, 6.45) is 0. The predicted molar refractivity (Wildman–Crippen MR) is 386 cm³/mol. The number of rotatable bonds is 13. The summed E-state index contributed by atoms with van der Waals surface area (Å²) in [5.74, 6) is 0. The largest absolute Gasteiger partial charge is 0.310 e. The fourth-order valence-electron chi connectivity index (χ4n) is 15.5. The molecule has 0 fully saturated rings. The van der Waals surface area contributed by atoms with Crippen molar-refractivity contribution in [3.05, 3.63) is 406 Å². The summed E-state index contributed by atoms with van der Waals surface area (Å²) in [4.78, 5) is 4.83. The number of benzene rings is 14. The average Bonchev–Trinajstić information content (AvgIpc) is 1.54. The molecule has 0 aliphatic heterocycles. The van der Waals surface area contributed by atoms with E-state index in [1.165, 1.54) is 122 Å². The summed E-state index contributed by atoms with van der Waals surface area (Å²) in [6, 6.07) is 126. The van der Waals surface area contributed by atoms with Crippen LogP contribution >= 0.6 is 0 Å². The van der Waals surface area contributed by atoms with Crippen molar-refractivity contribution in [2.24, 2.45) is 0 Å². The Morgan fingerprint density at radius 2 is 0.478 bits per heavy atom. The highest BCUT2D eigenvalue weighted by Gasteiger charge is 2.47. The molecule has 0 spiro atoms. The molecule has 16 rings (SSSR count). The van der Waals surface area contributed by atoms with E-state index in [0.717, 1.165) is 34.1 Å². The third-order valence-corrected chi connectivity index (χ3v) is 19.8. The first-order chi connectivity index (χ1) is 45.3. The standard InChI is InChI=1S/C90H68N2/c1-61-25-17-23-39-87(61)91(73-47-41-65(42-48-73)67-45-53-81-79-35-19-21-37-83(79)89(85(81)59-67,69-27-9-5-10-28-69)70-29-11-6-12-30-70)75-51-55-77(63(3)57-75)78-56-52-76(58-64(78)4)92(88-40-24-18-26-62(88)2)74-49-43-66(44-50-74)68-46-54-82-80-36-20-22-38-84(80)90(86(82)60-68,71-31-13-7-14-32-71)72-33-15-8-16-34-72/h5-60H,1-4H3. The average molecular weight is 1180 g/mol. The van der Waals surface area contributed by atoms with E-state index in [1.807, 2.05) is 0 Å². The number of hydrogen-bond donors (Lipinski definition) is 0. The summed E-state index contributed by atoms with van der Waals surface area (Å²) in [5.41, 5.74) is 33.2. The first-order valence-electron chi connectivity index (χ1n) is 32.1. The second kappa shape index (κ2) is 22.9. The van der Waals surface area contributed by atoms with E-state index in [2.05, 4.69) is 377 Å². The van der Waals surface area contributed by atoms with E-state index in [-0.39, 0.29) is 0 Å². The summed E-state index contributed by atoms with van der Waals surface area (Å²) >= 11 is 0. The molecular weight excluding hydrogens is 1110 g/mol. The summed E-state index contributed by atoms with van der Waals surface area (Å²) < 4.78 is 0. The third-order valence-electron chi connectivity index (χ3n) is 19.8. The Balaban J connectivity index is 0.721. The van der Waals surface area contributed by atoms with Crippen molar-refractivity contribution in [1.82, 2.24) is 0 Å². The molecule has 0 saturated heterocycles. The van der Waals surface area contributed by atoms with E-state index in [9.17, 15) is 0 Å². The van der Waals surface area contributed by atoms with Gasteiger partial charge in [-0.3, -0.25) is 0 Å². The van der Waals surface area contributed by atoms with Crippen LogP contribution < -0.4 is 9.80 Å². The maximum atomic E-state index is 2.45. The molecule has 14 aromatic carbocycles. The first-order valence-corrected chi connectivity index (χ1v) is 32.1. The van der Waals surface area contributed by atoms with Crippen molar-refractivity contribution in [1.29, 1.82) is 0 Å². The quantitative estimate of drug-likeness (QED) is 0.114. The fourth-order valence-corrected chi connectivity index (χ4v) is 15.5. The Hall–Kier alpha value is -11.3. The molecule has 0 amide bonds. The van der Waals surface area contributed by atoms with E-state index in [0.29, 0.717) is 0 Å². The van der Waals surface area contributed by atoms with Gasteiger partial charge in [0.2, 0.25) is 0 Å². The summed E-state index contributed by atoms with van der Waals surface area (Å²) in [7, 11) is 0. The van der Waals surface area contributed by atoms with Crippen molar-refractivity contribution >= 4 is 34.1 Å². The predicted octanol–water partition coefficient (Wildman–Crippen LogP) is 23.6. The van der Waals surface area contributed by atoms with Crippen LogP contribution in [0.15, 0.2) is 340 Å². The lowest BCUT2D eigenvalue weighted by Crippen LogP contribution is -2.28. The lowest BCUT2D eigenvalue weighted by Gasteiger charge is -2.34. The van der Waals surface area contributed by atoms with E-state index in [1.54, 1.807) is 0 Å². The van der Waals surface area contributed by atoms with Crippen molar-refractivity contribution in [3.63, 3.8) is 0 Å². The lowest BCUT2D eigenvalue weighted by atomic mass is 9.67. The lowest BCUT2D eigenvalue weighted by molar-refractivity contribution is 0.769. The van der Waals surface area contributed by atoms with Crippen molar-refractivity contribution in [3.8, 4) is 55.6 Å². The second-order valence-electron chi connectivity index (χ2n) is 24.9. The Bertz CT molecular complexity index is 4670. The fraction of sp³-hybridized carbons (Fsp3) is 0.0667. The molecule has 2 aliphatic rings. The number of nitrogens with zero attached hydrogens (tertiary/aromatic N) is 2. The highest BCUT2D eigenvalue weighted by Crippen LogP contribution is 2.59. The summed E-state index contributed by atoms with van der Waals surface area (Å²) in [6.45, 7) is 8.93. The van der Waals surface area contributed by atoms with Gasteiger partial charge in [0, 0.05) is 34.1 Å². The number of anilines is 6. The van der Waals surface area contributed by atoms with Gasteiger partial charge >= 0.3 is 0 Å². The topological polar surface area (TPSA) is 6.48 Å². The second-order valence-corrected chi connectivity index (χ2v) is 24.9. The van der Waals surface area contributed by atoms with Crippen LogP contribution in [-0.2, 0) is 10.8 Å². The molecule has 14 aromatic rings. The van der Waals surface area contributed by atoms with Crippen LogP contribution in [0, 0.1) is 27.7 Å². The van der Waals surface area contributed by atoms with Crippen LogP contribution in [0.1, 0.15) is 66.8 Å². The van der Waals surface area contributed by atoms with Crippen molar-refractivity contribution < 1.29 is 0 Å². The van der Waals surface area contributed by atoms with Crippen molar-refractivity contribution in [2.45, 2.75) is 38.5 Å². The van der Waals surface area contributed by atoms with Gasteiger partial charge in [-0.2, -0.15) is 0 Å². The zero-order valence-electron chi connectivity index (χ0n) is 52.2. The number of para-hydroxylation sites is 2. The smallest absolute Gasteiger partial charge is 0.0713 e. The zero-order chi connectivity index (χ0) is 61.9. The molecule has 0 bridgehead atoms. The van der Waals surface area contributed by atoms with E-state index >= 15 is 0 Å². The Labute approximate surface area is 541 Å². The molecule has 92 heavy (non-hydrogen) atoms. The highest BCUT2D eigenvalue weighted by atomic mass is 15.1. The van der Waals surface area contributed by atoms with Gasteiger partial charge in [0.15, 0.2) is 0 Å². The molecule has 0 atom stereocenters. The minimum Gasteiger partial charge on any atom is -0.310 e. The Kier molecular flexibility index (Phi) is 13.9. The molecule has 2 heteroatoms. The van der Waals surface area contributed by atoms with Gasteiger partial charge < -0.3 is 9.80 Å². The van der Waals surface area contributed by atoms with Crippen LogP contribution in [0.25, 0.3) is 55.6 Å². The van der Waals surface area contributed by atoms with Gasteiger partial charge in [0.25, 0.3) is 0 Å². The normalized spacial score (nSPS) is 13.0. The van der Waals surface area contributed by atoms with Crippen LogP contribution in [0.3, 0.4) is 0 Å². The molecule has 0 heterocycles. The number of fused-ring (bicyclic) bond motifs is 6. The van der Waals surface area contributed by atoms with Gasteiger partial charge in [-0.1, -0.05) is 267 Å². The molecular formula is C90H68N2. The van der Waals surface area contributed by atoms with Gasteiger partial charge in [0.05, 0.1) is 10.8 Å². The van der Waals surface area contributed by atoms with Crippen LogP contribution in [-0.4, -0.2) is 0 Å². The monoisotopic (exact) mass is 1180 g/mol. The molecule has 2 nitrogen and oxygen atoms in total. The van der Waals surface area contributed by atoms with Crippen LogP contribution in [0.2, 0.25) is 0 Å². The minimum atomic E-state index is -0.464. The number of aryl methyl sites for hydroxylation is 4. The first kappa shape index (κ1) is 56.0.